The quantitative estimate of drug-likeness (QED) is 0.0459. The van der Waals surface area contributed by atoms with Gasteiger partial charge in [-0.1, -0.05) is 169 Å². The molecule has 0 saturated carbocycles. The van der Waals surface area contributed by atoms with Crippen molar-refractivity contribution >= 4 is 22.1 Å². The van der Waals surface area contributed by atoms with Crippen LogP contribution in [0.25, 0.3) is 56.2 Å². The molecule has 6 rings (SSSR count). The Morgan fingerprint density at radius 1 is 0.468 bits per heavy atom. The number of halogens is 2. The van der Waals surface area contributed by atoms with E-state index in [1.807, 2.05) is 9.13 Å². The van der Waals surface area contributed by atoms with Gasteiger partial charge in [0.05, 0.1) is 44.6 Å². The SMILES string of the molecule is CCCCCCCCCCC(CCCCC)n1c2nc3ccc(F)cc3[nH]c-2c(-c2c3[nH]c4cc(F)ccc4nc-3n(C(CCCCC)CCCCCCCCCC)c2=O)c1=O. The smallest absolute Gasteiger partial charge is 0.262 e. The molecule has 2 aromatic carbocycles. The minimum atomic E-state index is -0.423. The van der Waals surface area contributed by atoms with Crippen molar-refractivity contribution in [1.82, 2.24) is 29.1 Å². The molecule has 2 unspecified atom stereocenters. The highest BCUT2D eigenvalue weighted by atomic mass is 19.1. The first kappa shape index (κ1) is 47.1. The van der Waals surface area contributed by atoms with Gasteiger partial charge in [0.1, 0.15) is 11.6 Å². The lowest BCUT2D eigenvalue weighted by Crippen LogP contribution is -2.25. The molecule has 62 heavy (non-hydrogen) atoms. The number of fused-ring (bicyclic) bond motifs is 4. The number of rotatable bonds is 29. The lowest BCUT2D eigenvalue weighted by atomic mass is 10.0. The van der Waals surface area contributed by atoms with Crippen molar-refractivity contribution in [2.75, 3.05) is 0 Å². The van der Waals surface area contributed by atoms with Crippen molar-refractivity contribution in [2.24, 2.45) is 0 Å². The number of unbranched alkanes of at least 4 members (excludes halogenated alkanes) is 18. The summed E-state index contributed by atoms with van der Waals surface area (Å²) >= 11 is 0. The summed E-state index contributed by atoms with van der Waals surface area (Å²) in [7, 11) is 0. The maximum atomic E-state index is 15.5. The van der Waals surface area contributed by atoms with E-state index in [4.69, 9.17) is 9.97 Å². The average molecular weight is 853 g/mol. The van der Waals surface area contributed by atoms with Gasteiger partial charge < -0.3 is 9.97 Å². The maximum absolute atomic E-state index is 15.5. The van der Waals surface area contributed by atoms with E-state index in [0.717, 1.165) is 89.9 Å². The van der Waals surface area contributed by atoms with Crippen molar-refractivity contribution in [3.05, 3.63) is 68.7 Å². The molecule has 0 radical (unpaired) electrons. The van der Waals surface area contributed by atoms with Gasteiger partial charge >= 0.3 is 0 Å². The number of hydrogen-bond donors (Lipinski definition) is 2. The van der Waals surface area contributed by atoms with Crippen molar-refractivity contribution in [3.63, 3.8) is 0 Å². The van der Waals surface area contributed by atoms with E-state index in [0.29, 0.717) is 45.1 Å². The number of aromatic nitrogens is 6. The van der Waals surface area contributed by atoms with E-state index in [2.05, 4.69) is 37.7 Å². The number of aromatic amines is 2. The summed E-state index contributed by atoms with van der Waals surface area (Å²) in [6.45, 7) is 8.86. The van der Waals surface area contributed by atoms with Crippen LogP contribution in [0.15, 0.2) is 46.0 Å². The molecular formula is C52H74F2N6O2. The molecule has 0 amide bonds. The first-order chi connectivity index (χ1) is 30.3. The third-order valence-corrected chi connectivity index (χ3v) is 13.2. The second kappa shape index (κ2) is 23.9. The predicted molar refractivity (Wildman–Crippen MR) is 254 cm³/mol. The molecule has 4 heterocycles. The van der Waals surface area contributed by atoms with Gasteiger partial charge in [0.15, 0.2) is 11.6 Å². The van der Waals surface area contributed by atoms with Crippen molar-refractivity contribution in [3.8, 4) is 34.2 Å². The lowest BCUT2D eigenvalue weighted by molar-refractivity contribution is 0.392. The van der Waals surface area contributed by atoms with Crippen LogP contribution >= 0.6 is 0 Å². The summed E-state index contributed by atoms with van der Waals surface area (Å²) < 4.78 is 33.3. The second-order valence-electron chi connectivity index (χ2n) is 18.1. The van der Waals surface area contributed by atoms with Gasteiger partial charge in [-0.05, 0) is 62.1 Å². The maximum Gasteiger partial charge on any atom is 0.262 e. The van der Waals surface area contributed by atoms with Gasteiger partial charge in [-0.25, -0.2) is 18.7 Å². The van der Waals surface area contributed by atoms with Crippen LogP contribution in [0.3, 0.4) is 0 Å². The molecule has 0 spiro atoms. The molecule has 2 N–H and O–H groups in total. The Morgan fingerprint density at radius 3 is 1.13 bits per heavy atom. The molecular weight excluding hydrogens is 779 g/mol. The van der Waals surface area contributed by atoms with Crippen LogP contribution < -0.4 is 11.1 Å². The molecule has 4 aliphatic rings. The first-order valence-corrected chi connectivity index (χ1v) is 24.8. The zero-order chi connectivity index (χ0) is 43.8. The van der Waals surface area contributed by atoms with E-state index in [9.17, 15) is 8.78 Å². The summed E-state index contributed by atoms with van der Waals surface area (Å²) in [5.74, 6) is 0.106. The highest BCUT2D eigenvalue weighted by molar-refractivity contribution is 5.93. The van der Waals surface area contributed by atoms with E-state index in [1.165, 1.54) is 101 Å². The number of H-pyrrole nitrogens is 2. The van der Waals surface area contributed by atoms with Crippen LogP contribution in [0.4, 0.5) is 8.78 Å². The van der Waals surface area contributed by atoms with E-state index >= 15 is 9.59 Å². The van der Waals surface area contributed by atoms with Crippen LogP contribution in [0.1, 0.15) is 207 Å². The van der Waals surface area contributed by atoms with E-state index < -0.39 is 11.6 Å². The fourth-order valence-corrected chi connectivity index (χ4v) is 9.71. The van der Waals surface area contributed by atoms with Crippen LogP contribution in [0.2, 0.25) is 0 Å². The van der Waals surface area contributed by atoms with Crippen LogP contribution in [-0.2, 0) is 0 Å². The predicted octanol–water partition coefficient (Wildman–Crippen LogP) is 15.2. The lowest BCUT2D eigenvalue weighted by Gasteiger charge is -2.20. The van der Waals surface area contributed by atoms with Crippen molar-refractivity contribution in [1.29, 1.82) is 0 Å². The highest BCUT2D eigenvalue weighted by Gasteiger charge is 2.36. The fourth-order valence-electron chi connectivity index (χ4n) is 9.71. The summed E-state index contributed by atoms with van der Waals surface area (Å²) in [4.78, 5) is 48.0. The van der Waals surface area contributed by atoms with Crippen LogP contribution in [-0.4, -0.2) is 29.1 Å². The normalized spacial score (nSPS) is 13.1. The minimum Gasteiger partial charge on any atom is -0.350 e. The second-order valence-corrected chi connectivity index (χ2v) is 18.1. The standard InChI is InChI=1S/C52H74F2N6O2/c1-5-9-13-15-17-19-21-25-29-39(27-23-11-7-3)59-49-47(55-43-35-37(53)31-33-41(43)57-49)45(51(59)61)46-48-50(58-42-34-32-38(54)36-44(42)56-48)60(52(46)62)40(28-24-12-8-4)30-26-22-20-18-16-14-10-6-2/h31-36,39-40,55-56H,5-30H2,1-4H3. The highest BCUT2D eigenvalue weighted by Crippen LogP contribution is 2.41. The summed E-state index contributed by atoms with van der Waals surface area (Å²) in [5, 5.41) is 0. The van der Waals surface area contributed by atoms with Crippen molar-refractivity contribution < 1.29 is 8.78 Å². The Bertz CT molecular complexity index is 2170. The van der Waals surface area contributed by atoms with Crippen molar-refractivity contribution in [2.45, 2.75) is 207 Å². The molecule has 0 bridgehead atoms. The molecule has 0 aliphatic carbocycles. The third kappa shape index (κ3) is 11.6. The van der Waals surface area contributed by atoms with E-state index in [1.54, 1.807) is 12.1 Å². The molecule has 0 aromatic heterocycles. The van der Waals surface area contributed by atoms with Gasteiger partial charge in [0.25, 0.3) is 11.1 Å². The van der Waals surface area contributed by atoms with Crippen LogP contribution in [0.5, 0.6) is 0 Å². The molecule has 0 saturated heterocycles. The van der Waals surface area contributed by atoms with Gasteiger partial charge in [-0.15, -0.1) is 0 Å². The molecule has 4 aliphatic heterocycles. The van der Waals surface area contributed by atoms with Gasteiger partial charge in [0, 0.05) is 12.1 Å². The fraction of sp³-hybridized carbons (Fsp3) is 0.615. The molecule has 10 heteroatoms. The Hall–Kier alpha value is -4.34. The molecule has 8 nitrogen and oxygen atoms in total. The zero-order valence-electron chi connectivity index (χ0n) is 38.4. The Morgan fingerprint density at radius 2 is 0.774 bits per heavy atom. The monoisotopic (exact) mass is 853 g/mol. The van der Waals surface area contributed by atoms with E-state index in [-0.39, 0.29) is 34.3 Å². The first-order valence-electron chi connectivity index (χ1n) is 24.8. The van der Waals surface area contributed by atoms with Gasteiger partial charge in [-0.2, -0.15) is 0 Å². The van der Waals surface area contributed by atoms with Crippen LogP contribution in [0, 0.1) is 11.6 Å². The molecule has 2 atom stereocenters. The zero-order valence-corrected chi connectivity index (χ0v) is 38.4. The molecule has 338 valence electrons. The topological polar surface area (TPSA) is 101 Å². The number of nitrogens with one attached hydrogen (secondary N) is 2. The number of nitrogens with zero attached hydrogens (tertiary/aromatic N) is 4. The number of benzene rings is 2. The van der Waals surface area contributed by atoms with Gasteiger partial charge in [-0.3, -0.25) is 18.7 Å². The molecule has 0 fully saturated rings. The molecule has 2 aromatic rings. The Labute approximate surface area is 368 Å². The third-order valence-electron chi connectivity index (χ3n) is 13.2. The Kier molecular flexibility index (Phi) is 18.2. The van der Waals surface area contributed by atoms with Gasteiger partial charge in [0.2, 0.25) is 0 Å². The Balaban J connectivity index is 1.50. The summed E-state index contributed by atoms with van der Waals surface area (Å²) in [5.41, 5.74) is 2.69. The summed E-state index contributed by atoms with van der Waals surface area (Å²) in [6, 6.07) is 8.59. The number of hydrogen-bond acceptors (Lipinski definition) is 4. The minimum absolute atomic E-state index is 0.131. The average Bonchev–Trinajstić information content (AvgIpc) is 3.69. The largest absolute Gasteiger partial charge is 0.350 e. The summed E-state index contributed by atoms with van der Waals surface area (Å²) in [6.07, 6.45) is 28.5.